The van der Waals surface area contributed by atoms with Crippen LogP contribution in [0.5, 0.6) is 11.5 Å². The van der Waals surface area contributed by atoms with Crippen molar-refractivity contribution in [1.82, 2.24) is 0 Å². The topological polar surface area (TPSA) is 72.5 Å². The summed E-state index contributed by atoms with van der Waals surface area (Å²) in [5.74, 6) is -2.18. The molecular weight excluding hydrogens is 371 g/mol. The Morgan fingerprint density at radius 2 is 1.61 bits per heavy atom. The third-order valence-corrected chi connectivity index (χ3v) is 4.07. The molecule has 0 aliphatic carbocycles. The van der Waals surface area contributed by atoms with Crippen molar-refractivity contribution in [3.05, 3.63) is 58.7 Å². The summed E-state index contributed by atoms with van der Waals surface area (Å²) in [5, 5.41) is 10.2. The first-order chi connectivity index (χ1) is 12.9. The molecule has 7 heteroatoms. The van der Waals surface area contributed by atoms with Crippen molar-refractivity contribution in [2.24, 2.45) is 11.1 Å². The van der Waals surface area contributed by atoms with Gasteiger partial charge in [0.15, 0.2) is 5.78 Å². The zero-order valence-corrected chi connectivity index (χ0v) is 16.1. The summed E-state index contributed by atoms with van der Waals surface area (Å²) >= 11 is 0. The largest absolute Gasteiger partial charge is 0.506 e. The van der Waals surface area contributed by atoms with Gasteiger partial charge < -0.3 is 15.6 Å². The molecule has 0 aliphatic rings. The Morgan fingerprint density at radius 3 is 2.11 bits per heavy atom. The molecule has 0 heterocycles. The van der Waals surface area contributed by atoms with Crippen LogP contribution in [0.2, 0.25) is 0 Å². The van der Waals surface area contributed by atoms with E-state index in [1.54, 1.807) is 45.0 Å². The minimum Gasteiger partial charge on any atom is -0.506 e. The van der Waals surface area contributed by atoms with Crippen molar-refractivity contribution in [3.8, 4) is 11.5 Å². The molecule has 152 valence electrons. The number of carbonyl (C=O) groups excluding carboxylic acids is 1. The van der Waals surface area contributed by atoms with E-state index in [-0.39, 0.29) is 18.6 Å². The van der Waals surface area contributed by atoms with Crippen LogP contribution in [0.15, 0.2) is 36.4 Å². The van der Waals surface area contributed by atoms with Crippen LogP contribution < -0.4 is 10.5 Å². The van der Waals surface area contributed by atoms with Gasteiger partial charge in [-0.25, -0.2) is 0 Å². The number of phenols is 1. The minimum absolute atomic E-state index is 0.00551. The molecule has 2 rings (SSSR count). The number of benzene rings is 2. The summed E-state index contributed by atoms with van der Waals surface area (Å²) in [7, 11) is 0. The maximum absolute atomic E-state index is 13.5. The predicted octanol–water partition coefficient (Wildman–Crippen LogP) is 5.07. The van der Waals surface area contributed by atoms with Crippen molar-refractivity contribution in [3.63, 3.8) is 0 Å². The molecule has 0 unspecified atom stereocenters. The first kappa shape index (κ1) is 21.8. The van der Waals surface area contributed by atoms with Crippen LogP contribution in [-0.4, -0.2) is 10.9 Å². The lowest BCUT2D eigenvalue weighted by atomic mass is 9.87. The number of ketones is 1. The van der Waals surface area contributed by atoms with Crippen molar-refractivity contribution >= 4 is 5.78 Å². The SMILES string of the molecule is CC(C)(C)CC(=O)c1ccc(OCc2ccc(CN)cc2)c(C(F)(F)F)c1O. The van der Waals surface area contributed by atoms with Crippen molar-refractivity contribution in [1.29, 1.82) is 0 Å². The Balaban J connectivity index is 2.33. The van der Waals surface area contributed by atoms with E-state index in [1.165, 1.54) is 6.07 Å². The van der Waals surface area contributed by atoms with Crippen LogP contribution >= 0.6 is 0 Å². The summed E-state index contributed by atoms with van der Waals surface area (Å²) in [6.07, 6.45) is -4.87. The lowest BCUT2D eigenvalue weighted by molar-refractivity contribution is -0.140. The fraction of sp³-hybridized carbons (Fsp3) is 0.381. The van der Waals surface area contributed by atoms with Gasteiger partial charge in [-0.05, 0) is 28.7 Å². The quantitative estimate of drug-likeness (QED) is 0.670. The Labute approximate surface area is 162 Å². The predicted molar refractivity (Wildman–Crippen MR) is 100 cm³/mol. The second kappa shape index (κ2) is 8.22. The number of hydrogen-bond acceptors (Lipinski definition) is 4. The van der Waals surface area contributed by atoms with E-state index in [0.717, 1.165) is 11.6 Å². The molecule has 0 radical (unpaired) electrons. The summed E-state index contributed by atoms with van der Waals surface area (Å²) in [6, 6.07) is 9.18. The number of alkyl halides is 3. The van der Waals surface area contributed by atoms with Gasteiger partial charge in [0.2, 0.25) is 0 Å². The van der Waals surface area contributed by atoms with Gasteiger partial charge >= 0.3 is 6.18 Å². The first-order valence-corrected chi connectivity index (χ1v) is 8.79. The van der Waals surface area contributed by atoms with Crippen LogP contribution in [0.25, 0.3) is 0 Å². The van der Waals surface area contributed by atoms with Crippen molar-refractivity contribution < 1.29 is 27.8 Å². The Morgan fingerprint density at radius 1 is 1.04 bits per heavy atom. The van der Waals surface area contributed by atoms with Gasteiger partial charge in [-0.1, -0.05) is 45.0 Å². The molecule has 0 saturated heterocycles. The summed E-state index contributed by atoms with van der Waals surface area (Å²) in [4.78, 5) is 12.3. The number of phenolic OH excluding ortho intramolecular Hbond substituents is 1. The fourth-order valence-corrected chi connectivity index (χ4v) is 2.70. The average molecular weight is 395 g/mol. The molecule has 0 amide bonds. The average Bonchev–Trinajstić information content (AvgIpc) is 2.57. The molecule has 4 nitrogen and oxygen atoms in total. The van der Waals surface area contributed by atoms with Crippen LogP contribution in [0, 0.1) is 5.41 Å². The normalized spacial score (nSPS) is 12.1. The molecule has 2 aromatic carbocycles. The molecule has 0 atom stereocenters. The van der Waals surface area contributed by atoms with Gasteiger partial charge in [0.25, 0.3) is 0 Å². The van der Waals surface area contributed by atoms with Crippen LogP contribution in [0.3, 0.4) is 0 Å². The fourth-order valence-electron chi connectivity index (χ4n) is 2.70. The Kier molecular flexibility index (Phi) is 6.39. The number of Topliss-reactive ketones (excluding diaryl/α,β-unsaturated/α-hetero) is 1. The molecular formula is C21H24F3NO3. The standard InChI is InChI=1S/C21H24F3NO3/c1-20(2,3)10-16(26)15-8-9-17(18(19(15)27)21(22,23)24)28-12-14-6-4-13(11-25)5-7-14/h4-9,27H,10-12,25H2,1-3H3. The number of rotatable bonds is 6. The second-order valence-corrected chi connectivity index (χ2v) is 7.80. The Hall–Kier alpha value is -2.54. The number of carbonyl (C=O) groups is 1. The molecule has 28 heavy (non-hydrogen) atoms. The lowest BCUT2D eigenvalue weighted by Crippen LogP contribution is -2.15. The summed E-state index contributed by atoms with van der Waals surface area (Å²) in [5.41, 5.74) is 4.93. The highest BCUT2D eigenvalue weighted by Gasteiger charge is 2.40. The van der Waals surface area contributed by atoms with E-state index in [9.17, 15) is 23.1 Å². The number of hydrogen-bond donors (Lipinski definition) is 2. The Bertz CT molecular complexity index is 838. The van der Waals surface area contributed by atoms with Crippen LogP contribution in [0.4, 0.5) is 13.2 Å². The highest BCUT2D eigenvalue weighted by molar-refractivity contribution is 5.99. The van der Waals surface area contributed by atoms with Gasteiger partial charge in [0, 0.05) is 13.0 Å². The number of aromatic hydroxyl groups is 1. The van der Waals surface area contributed by atoms with Gasteiger partial charge in [-0.2, -0.15) is 13.2 Å². The molecule has 0 aliphatic heterocycles. The smallest absolute Gasteiger partial charge is 0.423 e. The number of ether oxygens (including phenoxy) is 1. The van der Waals surface area contributed by atoms with E-state index in [2.05, 4.69) is 0 Å². The maximum Gasteiger partial charge on any atom is 0.423 e. The van der Waals surface area contributed by atoms with E-state index in [1.807, 2.05) is 0 Å². The zero-order chi connectivity index (χ0) is 21.1. The van der Waals surface area contributed by atoms with Crippen LogP contribution in [-0.2, 0) is 19.3 Å². The third-order valence-electron chi connectivity index (χ3n) is 4.07. The lowest BCUT2D eigenvalue weighted by Gasteiger charge is -2.20. The van der Waals surface area contributed by atoms with Crippen molar-refractivity contribution in [2.45, 2.75) is 46.5 Å². The highest BCUT2D eigenvalue weighted by atomic mass is 19.4. The first-order valence-electron chi connectivity index (χ1n) is 8.79. The molecule has 0 saturated carbocycles. The van der Waals surface area contributed by atoms with E-state index in [0.29, 0.717) is 12.1 Å². The minimum atomic E-state index is -4.87. The van der Waals surface area contributed by atoms with E-state index >= 15 is 0 Å². The molecule has 0 bridgehead atoms. The summed E-state index contributed by atoms with van der Waals surface area (Å²) in [6.45, 7) is 5.61. The number of halogens is 3. The molecule has 0 aromatic heterocycles. The highest BCUT2D eigenvalue weighted by Crippen LogP contribution is 2.44. The zero-order valence-electron chi connectivity index (χ0n) is 16.1. The van der Waals surface area contributed by atoms with Gasteiger partial charge in [0.1, 0.15) is 23.7 Å². The second-order valence-electron chi connectivity index (χ2n) is 7.80. The monoisotopic (exact) mass is 395 g/mol. The molecule has 0 fully saturated rings. The van der Waals surface area contributed by atoms with E-state index in [4.69, 9.17) is 10.5 Å². The van der Waals surface area contributed by atoms with Gasteiger partial charge in [-0.3, -0.25) is 4.79 Å². The molecule has 0 spiro atoms. The molecule has 3 N–H and O–H groups in total. The van der Waals surface area contributed by atoms with Crippen molar-refractivity contribution in [2.75, 3.05) is 0 Å². The van der Waals surface area contributed by atoms with Crippen LogP contribution in [0.1, 0.15) is 54.2 Å². The summed E-state index contributed by atoms with van der Waals surface area (Å²) < 4.78 is 46.0. The third kappa shape index (κ3) is 5.48. The van der Waals surface area contributed by atoms with E-state index < -0.39 is 34.4 Å². The van der Waals surface area contributed by atoms with Gasteiger partial charge in [-0.15, -0.1) is 0 Å². The number of nitrogens with two attached hydrogens (primary N) is 1. The van der Waals surface area contributed by atoms with Gasteiger partial charge in [0.05, 0.1) is 5.56 Å². The molecule has 2 aromatic rings. The maximum atomic E-state index is 13.5.